The van der Waals surface area contributed by atoms with Gasteiger partial charge < -0.3 is 19.6 Å². The van der Waals surface area contributed by atoms with Crippen molar-refractivity contribution >= 4 is 68.2 Å². The van der Waals surface area contributed by atoms with Crippen LogP contribution in [0.25, 0.3) is 89.0 Å². The minimum absolute atomic E-state index is 0.910. The van der Waals surface area contributed by atoms with Crippen LogP contribution in [0.5, 0.6) is 0 Å². The second-order valence-corrected chi connectivity index (χ2v) is 41.3. The van der Waals surface area contributed by atoms with E-state index in [2.05, 4.69) is 346 Å². The van der Waals surface area contributed by atoms with Crippen molar-refractivity contribution < 1.29 is 0 Å². The van der Waals surface area contributed by atoms with Crippen molar-refractivity contribution in [3.8, 4) is 89.0 Å². The summed E-state index contributed by atoms with van der Waals surface area (Å²) in [7, 11) is 0. The molecule has 36 rings (SSSR count). The molecule has 140 heavy (non-hydrogen) atoms. The van der Waals surface area contributed by atoms with Crippen molar-refractivity contribution in [2.75, 3.05) is 19.6 Å². The predicted molar refractivity (Wildman–Crippen MR) is 564 cm³/mol. The van der Waals surface area contributed by atoms with Crippen LogP contribution in [0.15, 0.2) is 340 Å². The summed E-state index contributed by atoms with van der Waals surface area (Å²) in [4.78, 5) is 29.3. The lowest BCUT2D eigenvalue weighted by molar-refractivity contribution is 0.949. The van der Waals surface area contributed by atoms with Crippen molar-refractivity contribution in [1.82, 2.24) is 19.9 Å². The number of para-hydroxylation sites is 4. The average Bonchev–Trinajstić information content (AvgIpc) is 1.42. The molecule has 16 aromatic carbocycles. The first kappa shape index (κ1) is 76.5. The Morgan fingerprint density at radius 3 is 0.814 bits per heavy atom. The van der Waals surface area contributed by atoms with E-state index in [0.29, 0.717) is 0 Å². The number of hydrogen-bond donors (Lipinski definition) is 0. The van der Waals surface area contributed by atoms with Gasteiger partial charge in [0.2, 0.25) is 0 Å². The van der Waals surface area contributed by atoms with Crippen molar-refractivity contribution in [3.63, 3.8) is 0 Å². The summed E-state index contributed by atoms with van der Waals surface area (Å²) in [6.07, 6.45) is 26.0. The predicted octanol–water partition coefficient (Wildman–Crippen LogP) is 30.0. The quantitative estimate of drug-likeness (QED) is 0.149. The van der Waals surface area contributed by atoms with Gasteiger partial charge in [-0.3, -0.25) is 19.9 Å². The van der Waals surface area contributed by atoms with Crippen molar-refractivity contribution in [2.45, 2.75) is 103 Å². The summed E-state index contributed by atoms with van der Waals surface area (Å²) in [5.41, 5.74) is 84.6. The summed E-state index contributed by atoms with van der Waals surface area (Å²) in [6, 6.07) is 116. The van der Waals surface area contributed by atoms with Gasteiger partial charge in [0, 0.05) is 105 Å². The Bertz CT molecular complexity index is 8510. The molecule has 0 N–H and O–H groups in total. The number of nitrogens with zero attached hydrogens (tertiary/aromatic N) is 8. The number of hydrogen-bond acceptors (Lipinski definition) is 8. The van der Waals surface area contributed by atoms with Crippen LogP contribution in [-0.4, -0.2) is 19.9 Å². The summed E-state index contributed by atoms with van der Waals surface area (Å²) < 4.78 is 0. The molecule has 8 aliphatic carbocycles. The normalized spacial score (nSPS) is 14.9. The minimum atomic E-state index is 0.910. The Hall–Kier alpha value is -16.7. The zero-order chi connectivity index (χ0) is 90.7. The van der Waals surface area contributed by atoms with Crippen LogP contribution in [0.1, 0.15) is 178 Å². The molecule has 8 aliphatic heterocycles. The molecular formula is C132H88N8. The highest BCUT2D eigenvalue weighted by Crippen LogP contribution is 2.63. The Morgan fingerprint density at radius 2 is 0.400 bits per heavy atom. The van der Waals surface area contributed by atoms with Crippen LogP contribution in [0.4, 0.5) is 68.2 Å². The van der Waals surface area contributed by atoms with E-state index < -0.39 is 0 Å². The van der Waals surface area contributed by atoms with E-state index in [-0.39, 0.29) is 0 Å². The lowest BCUT2D eigenvalue weighted by Crippen LogP contribution is -2.26. The second kappa shape index (κ2) is 28.5. The Labute approximate surface area is 812 Å². The van der Waals surface area contributed by atoms with Crippen molar-refractivity contribution in [2.24, 2.45) is 0 Å². The van der Waals surface area contributed by atoms with E-state index in [1.165, 1.54) is 336 Å². The standard InChI is InChI=1S/4C33H22N2/c1-3-7-25-19(5-1)13-21-9-10-22-15-27-26(32(22)31(21)25)11-12-30-28(27)16-24-18-34-17-23-14-20-6-2-4-8-29(20)35(30)33(23)24;1-3-7-23-19(5-1)16-28-24(23)10-9-21-17-26-25(32(21)28)11-12-31-27(26)18-29-33-22(13-14-34-29)15-20-6-2-4-8-30(20)35(31)33;1-3-7-24-19(5-1)15-21-9-10-22-16-26-25(32(22)31(21)24)11-12-30-27(26)17-23-13-14-34-28-18-20-6-2-4-8-29(20)35(30)33(23)28;1-3-7-24-19(5-1)15-21-9-10-22-17-26-25(32(22)31(21)24)11-12-30-27(26)18-28-33-23(13-14-34-28)16-20-6-2-4-8-29(20)35(30)33/h1-12,17-18H,13-16H2;3*1-14H,15-18H2. The summed E-state index contributed by atoms with van der Waals surface area (Å²) in [6.45, 7) is 0. The maximum Gasteiger partial charge on any atom is 0.0716 e. The Morgan fingerprint density at radius 1 is 0.143 bits per heavy atom. The first-order chi connectivity index (χ1) is 69.4. The molecule has 12 heterocycles. The molecule has 8 heteroatoms. The first-order valence-corrected chi connectivity index (χ1v) is 50.3. The van der Waals surface area contributed by atoms with Gasteiger partial charge in [-0.25, -0.2) is 0 Å². The molecule has 0 spiro atoms. The minimum Gasteiger partial charge on any atom is -0.309 e. The smallest absolute Gasteiger partial charge is 0.0716 e. The summed E-state index contributed by atoms with van der Waals surface area (Å²) in [5, 5.41) is 0. The van der Waals surface area contributed by atoms with E-state index in [0.717, 1.165) is 103 Å². The number of aromatic nitrogens is 4. The highest BCUT2D eigenvalue weighted by Gasteiger charge is 2.45. The van der Waals surface area contributed by atoms with Crippen LogP contribution >= 0.6 is 0 Å². The topological polar surface area (TPSA) is 64.5 Å². The lowest BCUT2D eigenvalue weighted by Gasteiger charge is -2.39. The highest BCUT2D eigenvalue weighted by atomic mass is 15.2. The molecule has 0 saturated carbocycles. The van der Waals surface area contributed by atoms with E-state index in [9.17, 15) is 0 Å². The molecular weight excluding hydrogens is 1700 g/mol. The SMILES string of the molecule is c1ccc2c(c1)Cc1c-2ccc2c1-c1ccc3c(c1C2)Cc1nccc2c1N3c1ccccc1C2.c1ccc2c(c1)Cc1ccc3c(c1-2)-c1ccc2c(c1C3)Cc1ccnc3c1N2c1ccccc1C3.c1ccc2c(c1)Cc1ccc3c(c1-2)-c1ccc2c(c1C3)Cc1cncc3c1N2c1ccccc1C3.c1ccc2c(c1)Cc1ccc3c(c1-2)-c1ccc2c(c1C3)Cc1nccc3c1N2c1ccccc1C3. The van der Waals surface area contributed by atoms with Crippen LogP contribution in [0.3, 0.4) is 0 Å². The van der Waals surface area contributed by atoms with Crippen LogP contribution < -0.4 is 19.6 Å². The largest absolute Gasteiger partial charge is 0.309 e. The third-order valence-electron chi connectivity index (χ3n) is 34.4. The van der Waals surface area contributed by atoms with Gasteiger partial charge in [0.05, 0.1) is 62.6 Å². The molecule has 8 nitrogen and oxygen atoms in total. The molecule has 656 valence electrons. The average molecular weight is 1790 g/mol. The Kier molecular flexibility index (Phi) is 15.6. The number of fused-ring (bicyclic) bond motifs is 48. The monoisotopic (exact) mass is 1780 g/mol. The van der Waals surface area contributed by atoms with Gasteiger partial charge in [-0.15, -0.1) is 0 Å². The van der Waals surface area contributed by atoms with Crippen LogP contribution in [0, 0.1) is 0 Å². The molecule has 0 fully saturated rings. The van der Waals surface area contributed by atoms with Gasteiger partial charge in [-0.05, 0) is 368 Å². The third-order valence-corrected chi connectivity index (χ3v) is 34.4. The molecule has 0 amide bonds. The summed E-state index contributed by atoms with van der Waals surface area (Å²) >= 11 is 0. The molecule has 0 bridgehead atoms. The fourth-order valence-corrected chi connectivity index (χ4v) is 28.6. The van der Waals surface area contributed by atoms with Gasteiger partial charge in [0.1, 0.15) is 0 Å². The maximum atomic E-state index is 4.90. The number of rotatable bonds is 0. The van der Waals surface area contributed by atoms with E-state index in [1.807, 2.05) is 18.6 Å². The number of pyridine rings is 4. The second-order valence-electron chi connectivity index (χ2n) is 41.3. The van der Waals surface area contributed by atoms with Gasteiger partial charge >= 0.3 is 0 Å². The maximum absolute atomic E-state index is 4.90. The zero-order valence-electron chi connectivity index (χ0n) is 77.2. The van der Waals surface area contributed by atoms with Gasteiger partial charge in [0.25, 0.3) is 0 Å². The number of anilines is 12. The van der Waals surface area contributed by atoms with Gasteiger partial charge in [-0.2, -0.15) is 0 Å². The lowest BCUT2D eigenvalue weighted by atomic mass is 9.85. The molecule has 0 atom stereocenters. The van der Waals surface area contributed by atoms with E-state index in [1.54, 1.807) is 0 Å². The highest BCUT2D eigenvalue weighted by molar-refractivity contribution is 6.05. The molecule has 0 saturated heterocycles. The molecule has 0 radical (unpaired) electrons. The van der Waals surface area contributed by atoms with E-state index >= 15 is 0 Å². The molecule has 16 aliphatic rings. The molecule has 4 aromatic heterocycles. The molecule has 0 unspecified atom stereocenters. The fraction of sp³-hybridized carbons (Fsp3) is 0.121. The van der Waals surface area contributed by atoms with Crippen LogP contribution in [-0.2, 0) is 103 Å². The fourth-order valence-electron chi connectivity index (χ4n) is 28.6. The van der Waals surface area contributed by atoms with Gasteiger partial charge in [-0.1, -0.05) is 243 Å². The van der Waals surface area contributed by atoms with E-state index in [4.69, 9.17) is 15.0 Å². The zero-order valence-corrected chi connectivity index (χ0v) is 77.2. The van der Waals surface area contributed by atoms with Crippen molar-refractivity contribution in [1.29, 1.82) is 0 Å². The van der Waals surface area contributed by atoms with Gasteiger partial charge in [0.15, 0.2) is 0 Å². The third kappa shape index (κ3) is 10.6. The van der Waals surface area contributed by atoms with Crippen LogP contribution in [0.2, 0.25) is 0 Å². The van der Waals surface area contributed by atoms with Crippen molar-refractivity contribution in [3.05, 3.63) is 519 Å². The Balaban J connectivity index is 0.0000000829. The molecule has 20 aromatic rings. The number of benzene rings is 16. The summed E-state index contributed by atoms with van der Waals surface area (Å²) in [5.74, 6) is 0. The first-order valence-electron chi connectivity index (χ1n) is 50.3.